The van der Waals surface area contributed by atoms with Gasteiger partial charge in [-0.1, -0.05) is 172 Å². The van der Waals surface area contributed by atoms with Gasteiger partial charge in [0.05, 0.1) is 11.4 Å². The molecule has 0 aromatic heterocycles. The van der Waals surface area contributed by atoms with E-state index >= 15 is 0 Å². The van der Waals surface area contributed by atoms with Crippen molar-refractivity contribution in [2.24, 2.45) is 0 Å². The molecule has 2 aliphatic rings. The first-order chi connectivity index (χ1) is 32.1. The van der Waals surface area contributed by atoms with E-state index in [1.165, 1.54) is 131 Å². The number of hydrogen-bond acceptors (Lipinski definition) is 2. The maximum atomic E-state index is 2.62. The second kappa shape index (κ2) is 14.1. The minimum absolute atomic E-state index is 1.17. The summed E-state index contributed by atoms with van der Waals surface area (Å²) in [6, 6.07) is 73.6. The van der Waals surface area contributed by atoms with Gasteiger partial charge >= 0.3 is 0 Å². The number of aryl methyl sites for hydroxylation is 2. The Labute approximate surface area is 389 Å². The van der Waals surface area contributed by atoms with Gasteiger partial charge in [0.2, 0.25) is 0 Å². The molecule has 0 bridgehead atoms. The van der Waals surface area contributed by atoms with Crippen LogP contribution in [0.4, 0.5) is 34.1 Å². The minimum Gasteiger partial charge on any atom is -0.310 e. The highest BCUT2D eigenvalue weighted by Gasteiger charge is 2.42. The van der Waals surface area contributed by atoms with E-state index in [0.29, 0.717) is 0 Å². The number of nitrogens with zero attached hydrogens (tertiary/aromatic N) is 2. The normalized spacial score (nSPS) is 14.2. The lowest BCUT2D eigenvalue weighted by molar-refractivity contribution is 1.30. The fourth-order valence-corrected chi connectivity index (χ4v) is 19.4. The lowest BCUT2D eigenvalue weighted by Crippen LogP contribution is -2.50. The molecule has 2 heterocycles. The van der Waals surface area contributed by atoms with E-state index in [1.54, 1.807) is 0 Å². The van der Waals surface area contributed by atoms with Gasteiger partial charge in [-0.2, -0.15) is 0 Å². The summed E-state index contributed by atoms with van der Waals surface area (Å²) in [5.74, 6) is 0. The van der Waals surface area contributed by atoms with Crippen molar-refractivity contribution >= 4 is 114 Å². The van der Waals surface area contributed by atoms with Crippen molar-refractivity contribution in [3.8, 4) is 22.3 Å². The molecule has 2 nitrogen and oxygen atoms in total. The zero-order chi connectivity index (χ0) is 44.6. The summed E-state index contributed by atoms with van der Waals surface area (Å²) >= 11 is 0. The first-order valence-corrected chi connectivity index (χ1v) is 29.4. The van der Waals surface area contributed by atoms with Gasteiger partial charge in [-0.15, -0.1) is 0 Å². The van der Waals surface area contributed by atoms with Crippen LogP contribution in [0.3, 0.4) is 0 Å². The maximum Gasteiger partial charge on any atom is 0.116 e. The molecule has 0 aliphatic carbocycles. The van der Waals surface area contributed by atoms with Crippen LogP contribution in [0.25, 0.3) is 65.3 Å². The number of rotatable bonds is 6. The Morgan fingerprint density at radius 3 is 1.29 bits per heavy atom. The predicted molar refractivity (Wildman–Crippen MR) is 291 cm³/mol. The standard InChI is InChI=1S/C62H50N2Si2/c1-39-37-54(64(42-23-11-8-12-24-42)52-32-20-30-49-45-26-16-18-34-56(45)66(5,6)62(49)52)58-47-28-14-13-27-46(47)57-40(2)38-53(50-36-35-43(39)59(58)60(50)57)63(41-21-9-7-10-22-41)51-31-19-29-48-44-25-15-17-33-55(44)65(3,4)61(48)51/h7-38H,1-6H3. The molecule has 316 valence electrons. The monoisotopic (exact) mass is 878 g/mol. The van der Waals surface area contributed by atoms with E-state index < -0.39 is 16.1 Å². The third-order valence-corrected chi connectivity index (χ3v) is 22.5. The number of hydrogen-bond donors (Lipinski definition) is 0. The highest BCUT2D eigenvalue weighted by atomic mass is 28.3. The van der Waals surface area contributed by atoms with Gasteiger partial charge in [-0.05, 0) is 138 Å². The third-order valence-electron chi connectivity index (χ3n) is 15.3. The molecule has 0 spiro atoms. The fraction of sp³-hybridized carbons (Fsp3) is 0.0968. The first-order valence-electron chi connectivity index (χ1n) is 23.4. The molecular formula is C62H50N2Si2. The van der Waals surface area contributed by atoms with Gasteiger partial charge < -0.3 is 9.80 Å². The van der Waals surface area contributed by atoms with Gasteiger partial charge in [0, 0.05) is 44.3 Å². The second-order valence-electron chi connectivity index (χ2n) is 19.7. The summed E-state index contributed by atoms with van der Waals surface area (Å²) < 4.78 is 0. The summed E-state index contributed by atoms with van der Waals surface area (Å²) in [5.41, 5.74) is 15.4. The van der Waals surface area contributed by atoms with E-state index in [0.717, 1.165) is 0 Å². The van der Waals surface area contributed by atoms with Crippen molar-refractivity contribution in [1.82, 2.24) is 0 Å². The molecule has 0 fully saturated rings. The van der Waals surface area contributed by atoms with Crippen LogP contribution in [0, 0.1) is 13.8 Å². The number of para-hydroxylation sites is 2. The van der Waals surface area contributed by atoms with Crippen molar-refractivity contribution in [3.63, 3.8) is 0 Å². The Morgan fingerprint density at radius 1 is 0.303 bits per heavy atom. The van der Waals surface area contributed by atoms with Crippen LogP contribution in [0.1, 0.15) is 11.1 Å². The molecular weight excluding hydrogens is 829 g/mol. The molecule has 4 heteroatoms. The molecule has 11 aromatic carbocycles. The zero-order valence-corrected chi connectivity index (χ0v) is 40.4. The zero-order valence-electron chi connectivity index (χ0n) is 38.4. The van der Waals surface area contributed by atoms with Crippen molar-refractivity contribution in [2.45, 2.75) is 40.0 Å². The Hall–Kier alpha value is -7.25. The Bertz CT molecular complexity index is 3800. The second-order valence-corrected chi connectivity index (χ2v) is 28.3. The van der Waals surface area contributed by atoms with Crippen molar-refractivity contribution in [3.05, 3.63) is 205 Å². The van der Waals surface area contributed by atoms with E-state index in [4.69, 9.17) is 0 Å². The number of anilines is 6. The molecule has 0 saturated heterocycles. The SMILES string of the molecule is Cc1cc(N(c2ccccc2)c2cccc3c2[Si](C)(C)c2ccccc2-3)c2c3ccccc3c3c(C)cc(N(c4ccccc4)c4cccc5c4[Si](C)(C)c4ccccc4-5)c4ccc1c2c43. The van der Waals surface area contributed by atoms with Crippen LogP contribution in [0.5, 0.6) is 0 Å². The van der Waals surface area contributed by atoms with Gasteiger partial charge in [-0.3, -0.25) is 0 Å². The molecule has 0 N–H and O–H groups in total. The molecule has 13 rings (SSSR count). The van der Waals surface area contributed by atoms with Crippen molar-refractivity contribution < 1.29 is 0 Å². The average Bonchev–Trinajstić information content (AvgIpc) is 3.73. The highest BCUT2D eigenvalue weighted by molar-refractivity contribution is 7.05. The van der Waals surface area contributed by atoms with Crippen molar-refractivity contribution in [2.75, 3.05) is 9.80 Å². The Balaban J connectivity index is 1.16. The smallest absolute Gasteiger partial charge is 0.116 e. The summed E-state index contributed by atoms with van der Waals surface area (Å²) in [6.45, 7) is 14.8. The third kappa shape index (κ3) is 5.28. The van der Waals surface area contributed by atoms with Crippen LogP contribution in [0.2, 0.25) is 26.2 Å². The Kier molecular flexibility index (Phi) is 8.38. The number of fused-ring (bicyclic) bond motifs is 9. The molecule has 2 aliphatic heterocycles. The van der Waals surface area contributed by atoms with Gasteiger partial charge in [0.1, 0.15) is 16.1 Å². The van der Waals surface area contributed by atoms with Crippen LogP contribution in [-0.4, -0.2) is 16.1 Å². The van der Waals surface area contributed by atoms with E-state index in [-0.39, 0.29) is 0 Å². The average molecular weight is 879 g/mol. The first kappa shape index (κ1) is 39.1. The summed E-state index contributed by atoms with van der Waals surface area (Å²) in [6.07, 6.45) is 0. The van der Waals surface area contributed by atoms with Gasteiger partial charge in [0.25, 0.3) is 0 Å². The van der Waals surface area contributed by atoms with Crippen molar-refractivity contribution in [1.29, 1.82) is 0 Å². The largest absolute Gasteiger partial charge is 0.310 e. The summed E-state index contributed by atoms with van der Waals surface area (Å²) in [4.78, 5) is 5.22. The topological polar surface area (TPSA) is 6.48 Å². The lowest BCUT2D eigenvalue weighted by atomic mass is 9.84. The molecule has 66 heavy (non-hydrogen) atoms. The molecule has 0 atom stereocenters. The molecule has 0 unspecified atom stereocenters. The maximum absolute atomic E-state index is 2.62. The molecule has 0 amide bonds. The highest BCUT2D eigenvalue weighted by Crippen LogP contribution is 2.53. The van der Waals surface area contributed by atoms with Crippen LogP contribution in [-0.2, 0) is 0 Å². The summed E-state index contributed by atoms with van der Waals surface area (Å²) in [7, 11) is -4.24. The molecule has 0 radical (unpaired) electrons. The Morgan fingerprint density at radius 2 is 0.727 bits per heavy atom. The van der Waals surface area contributed by atoms with Crippen LogP contribution >= 0.6 is 0 Å². The lowest BCUT2D eigenvalue weighted by Gasteiger charge is -2.34. The fourth-order valence-electron chi connectivity index (χ4n) is 12.6. The minimum atomic E-state index is -2.13. The predicted octanol–water partition coefficient (Wildman–Crippen LogP) is 14.9. The molecule has 11 aromatic rings. The van der Waals surface area contributed by atoms with E-state index in [2.05, 4.69) is 244 Å². The number of benzene rings is 11. The van der Waals surface area contributed by atoms with Crippen LogP contribution < -0.4 is 30.5 Å². The van der Waals surface area contributed by atoms with Gasteiger partial charge in [-0.25, -0.2) is 0 Å². The summed E-state index contributed by atoms with van der Waals surface area (Å²) in [5, 5.41) is 16.5. The van der Waals surface area contributed by atoms with E-state index in [9.17, 15) is 0 Å². The quantitative estimate of drug-likeness (QED) is 0.0933. The van der Waals surface area contributed by atoms with E-state index in [1.807, 2.05) is 0 Å². The molecule has 0 saturated carbocycles. The van der Waals surface area contributed by atoms with Gasteiger partial charge in [0.15, 0.2) is 0 Å². The van der Waals surface area contributed by atoms with Crippen LogP contribution in [0.15, 0.2) is 194 Å².